The third kappa shape index (κ3) is 9.46. The number of ether oxygens (including phenoxy) is 3. The van der Waals surface area contributed by atoms with E-state index in [-0.39, 0.29) is 34.5 Å². The molecule has 7 heterocycles. The van der Waals surface area contributed by atoms with Gasteiger partial charge in [0.15, 0.2) is 23.0 Å². The molecule has 0 bridgehead atoms. The number of carbonyl (C=O) groups is 2. The lowest BCUT2D eigenvalue weighted by molar-refractivity contribution is 0.0524. The van der Waals surface area contributed by atoms with Crippen molar-refractivity contribution in [2.75, 3.05) is 26.7 Å². The zero-order valence-corrected chi connectivity index (χ0v) is 43.3. The molecule has 15 heteroatoms. The van der Waals surface area contributed by atoms with E-state index >= 15 is 0 Å². The van der Waals surface area contributed by atoms with Gasteiger partial charge in [-0.05, 0) is 145 Å². The van der Waals surface area contributed by atoms with Gasteiger partial charge in [-0.15, -0.1) is 23.5 Å². The number of hydrogen-bond donors (Lipinski definition) is 1. The van der Waals surface area contributed by atoms with Crippen molar-refractivity contribution in [1.82, 2.24) is 29.3 Å². The van der Waals surface area contributed by atoms with E-state index in [9.17, 15) is 19.2 Å². The quantitative estimate of drug-likeness (QED) is 0.0917. The lowest BCUT2D eigenvalue weighted by Gasteiger charge is -2.25. The molecule has 3 aliphatic rings. The van der Waals surface area contributed by atoms with Crippen molar-refractivity contribution in [3.63, 3.8) is 0 Å². The van der Waals surface area contributed by atoms with Crippen LogP contribution in [-0.2, 0) is 16.2 Å². The van der Waals surface area contributed by atoms with Crippen LogP contribution in [-0.4, -0.2) is 68.7 Å². The van der Waals surface area contributed by atoms with Gasteiger partial charge in [-0.1, -0.05) is 48.5 Å². The molecular formula is C61H50N6O7S2. The second-order valence-corrected chi connectivity index (χ2v) is 21.1. The SMILES string of the molecule is CCOC(=O)c1cn2c3c(cc(SCc4ccncc4)cc3c1=O)Oc1cc3ccccc3cc1-2.CN1CCCC1CCNC(=O)c1cn2c3c(cc(SCc4ccncc4)cc3c1=O)Oc1cc3ccccc3cc1-2. The average Bonchev–Trinajstić information content (AvgIpc) is 3.99. The second kappa shape index (κ2) is 20.8. The van der Waals surface area contributed by atoms with Crippen LogP contribution in [0.4, 0.5) is 0 Å². The highest BCUT2D eigenvalue weighted by Crippen LogP contribution is 2.45. The third-order valence-corrected chi connectivity index (χ3v) is 16.3. The van der Waals surface area contributed by atoms with Crippen LogP contribution in [0.25, 0.3) is 54.7 Å². The maximum atomic E-state index is 13.9. The Morgan fingerprint density at radius 2 is 1.13 bits per heavy atom. The molecule has 4 aromatic heterocycles. The standard InChI is InChI=1S/C33H30N4O3S.C28H20N2O4S/c1-36-14-4-7-24(36)10-13-35-33(39)27-19-37-28-15-22-5-2-3-6-23(22)16-29(28)40-30-18-25(17-26(31(30)37)32(27)38)41-20-21-8-11-34-12-9-21;1-2-33-28(32)22-15-30-23-11-18-5-3-4-6-19(18)12-24(23)34-25-14-20(13-21(26(25)30)27(22)31)35-16-17-7-9-29-10-8-17/h2-3,5-6,8-9,11-12,15-19,24H,4,7,10,13-14,20H2,1H3,(H,35,39);3-15H,2,16H2,1H3. The summed E-state index contributed by atoms with van der Waals surface area (Å²) in [5.74, 6) is 2.99. The van der Waals surface area contributed by atoms with Gasteiger partial charge in [-0.25, -0.2) is 4.79 Å². The molecule has 0 spiro atoms. The monoisotopic (exact) mass is 1040 g/mol. The number of amides is 1. The summed E-state index contributed by atoms with van der Waals surface area (Å²) in [5.41, 5.74) is 4.63. The number of nitrogens with one attached hydrogen (secondary N) is 1. The van der Waals surface area contributed by atoms with E-state index in [2.05, 4.69) is 45.4 Å². The molecule has 0 radical (unpaired) electrons. The van der Waals surface area contributed by atoms with Crippen LogP contribution in [0.15, 0.2) is 178 Å². The Hall–Kier alpha value is -8.24. The van der Waals surface area contributed by atoms with Gasteiger partial charge in [0.2, 0.25) is 10.9 Å². The normalized spacial score (nSPS) is 14.1. The molecule has 378 valence electrons. The first-order valence-corrected chi connectivity index (χ1v) is 27.2. The van der Waals surface area contributed by atoms with Crippen molar-refractivity contribution >= 4 is 78.8 Å². The summed E-state index contributed by atoms with van der Waals surface area (Å²) < 4.78 is 21.8. The number of rotatable bonds is 12. The van der Waals surface area contributed by atoms with E-state index in [0.29, 0.717) is 63.1 Å². The summed E-state index contributed by atoms with van der Waals surface area (Å²) in [6, 6.07) is 40.2. The first-order chi connectivity index (χ1) is 37.2. The minimum Gasteiger partial charge on any atom is -0.462 e. The molecule has 13 nitrogen and oxygen atoms in total. The predicted octanol–water partition coefficient (Wildman–Crippen LogP) is 12.3. The maximum absolute atomic E-state index is 13.9. The van der Waals surface area contributed by atoms with E-state index in [4.69, 9.17) is 14.2 Å². The van der Waals surface area contributed by atoms with Gasteiger partial charge in [0.1, 0.15) is 22.2 Å². The number of pyridine rings is 4. The highest BCUT2D eigenvalue weighted by molar-refractivity contribution is 7.98. The first-order valence-electron chi connectivity index (χ1n) is 25.2. The number of aromatic nitrogens is 4. The number of carbonyl (C=O) groups excluding carboxylic acids is 2. The number of likely N-dealkylation sites (tertiary alicyclic amines) is 1. The highest BCUT2D eigenvalue weighted by Gasteiger charge is 2.28. The zero-order chi connectivity index (χ0) is 51.9. The van der Waals surface area contributed by atoms with Crippen LogP contribution >= 0.6 is 23.5 Å². The number of hydrogen-bond acceptors (Lipinski definition) is 12. The summed E-state index contributed by atoms with van der Waals surface area (Å²) >= 11 is 3.21. The number of nitrogens with zero attached hydrogens (tertiary/aromatic N) is 5. The van der Waals surface area contributed by atoms with Crippen molar-refractivity contribution in [2.45, 2.75) is 53.5 Å². The Morgan fingerprint density at radius 1 is 0.645 bits per heavy atom. The van der Waals surface area contributed by atoms with Gasteiger partial charge in [0.25, 0.3) is 5.91 Å². The molecule has 1 N–H and O–H groups in total. The average molecular weight is 1040 g/mol. The van der Waals surface area contributed by atoms with Crippen molar-refractivity contribution in [3.8, 4) is 34.4 Å². The van der Waals surface area contributed by atoms with Gasteiger partial charge in [0, 0.05) is 71.1 Å². The molecule has 1 unspecified atom stereocenters. The smallest absolute Gasteiger partial charge is 0.343 e. The topological polar surface area (TPSA) is 147 Å². The number of fused-ring (bicyclic) bond motifs is 6. The fourth-order valence-electron chi connectivity index (χ4n) is 10.3. The molecule has 1 fully saturated rings. The number of esters is 1. The van der Waals surface area contributed by atoms with Gasteiger partial charge in [-0.3, -0.25) is 24.4 Å². The van der Waals surface area contributed by atoms with Gasteiger partial charge in [0.05, 0.1) is 28.8 Å². The van der Waals surface area contributed by atoms with Crippen LogP contribution in [0.2, 0.25) is 0 Å². The summed E-state index contributed by atoms with van der Waals surface area (Å²) in [6.07, 6.45) is 13.5. The fourth-order valence-corrected chi connectivity index (χ4v) is 12.1. The van der Waals surface area contributed by atoms with Gasteiger partial charge in [-0.2, -0.15) is 0 Å². The largest absolute Gasteiger partial charge is 0.462 e. The Balaban J connectivity index is 0.000000155. The number of benzene rings is 6. The lowest BCUT2D eigenvalue weighted by Crippen LogP contribution is -2.34. The Morgan fingerprint density at radius 3 is 1.62 bits per heavy atom. The molecule has 13 rings (SSSR count). The van der Waals surface area contributed by atoms with Crippen LogP contribution in [0.3, 0.4) is 0 Å². The molecule has 6 aromatic carbocycles. The van der Waals surface area contributed by atoms with Crippen molar-refractivity contribution in [3.05, 3.63) is 201 Å². The minimum absolute atomic E-state index is 0.00240. The van der Waals surface area contributed by atoms with Crippen LogP contribution in [0.1, 0.15) is 58.0 Å². The van der Waals surface area contributed by atoms with E-state index in [1.807, 2.05) is 112 Å². The van der Waals surface area contributed by atoms with E-state index in [1.165, 1.54) is 6.42 Å². The van der Waals surface area contributed by atoms with Crippen LogP contribution < -0.4 is 25.6 Å². The van der Waals surface area contributed by atoms with E-state index in [0.717, 1.165) is 79.0 Å². The molecule has 0 saturated carbocycles. The molecule has 3 aliphatic heterocycles. The van der Waals surface area contributed by atoms with Crippen molar-refractivity contribution < 1.29 is 23.8 Å². The molecule has 1 atom stereocenters. The summed E-state index contributed by atoms with van der Waals surface area (Å²) in [6.45, 7) is 3.53. The maximum Gasteiger partial charge on any atom is 0.343 e. The van der Waals surface area contributed by atoms with Gasteiger partial charge < -0.3 is 33.6 Å². The zero-order valence-electron chi connectivity index (χ0n) is 41.7. The Bertz CT molecular complexity index is 4060. The van der Waals surface area contributed by atoms with E-state index in [1.54, 1.807) is 67.6 Å². The Kier molecular flexibility index (Phi) is 13.3. The van der Waals surface area contributed by atoms with Crippen molar-refractivity contribution in [1.29, 1.82) is 0 Å². The van der Waals surface area contributed by atoms with Gasteiger partial charge >= 0.3 is 5.97 Å². The van der Waals surface area contributed by atoms with Crippen LogP contribution in [0.5, 0.6) is 23.0 Å². The summed E-state index contributed by atoms with van der Waals surface area (Å²) in [4.78, 5) is 65.8. The predicted molar refractivity (Wildman–Crippen MR) is 300 cm³/mol. The Labute approximate surface area is 445 Å². The molecule has 1 amide bonds. The summed E-state index contributed by atoms with van der Waals surface area (Å²) in [7, 11) is 2.13. The first kappa shape index (κ1) is 48.7. The van der Waals surface area contributed by atoms with Crippen LogP contribution in [0, 0.1) is 0 Å². The minimum atomic E-state index is -0.631. The highest BCUT2D eigenvalue weighted by atomic mass is 32.2. The lowest BCUT2D eigenvalue weighted by atomic mass is 10.0. The molecule has 1 saturated heterocycles. The molecule has 0 aliphatic carbocycles. The van der Waals surface area contributed by atoms with Crippen molar-refractivity contribution in [2.24, 2.45) is 0 Å². The number of thioether (sulfide) groups is 2. The molecule has 76 heavy (non-hydrogen) atoms. The third-order valence-electron chi connectivity index (χ3n) is 14.2. The molecular weight excluding hydrogens is 993 g/mol. The summed E-state index contributed by atoms with van der Waals surface area (Å²) in [5, 5.41) is 8.12. The van der Waals surface area contributed by atoms with E-state index < -0.39 is 5.97 Å². The molecule has 10 aromatic rings. The second-order valence-electron chi connectivity index (χ2n) is 19.0. The fraction of sp³-hybridized carbons (Fsp3) is 0.180.